The van der Waals surface area contributed by atoms with Crippen molar-refractivity contribution in [2.75, 3.05) is 5.32 Å². The van der Waals surface area contributed by atoms with Gasteiger partial charge in [-0.2, -0.15) is 0 Å². The summed E-state index contributed by atoms with van der Waals surface area (Å²) < 4.78 is 1.85. The van der Waals surface area contributed by atoms with Gasteiger partial charge in [0.25, 0.3) is 0 Å². The summed E-state index contributed by atoms with van der Waals surface area (Å²) in [5.74, 6) is 0.619. The monoisotopic (exact) mass is 279 g/mol. The topological polar surface area (TPSA) is 63.1 Å². The minimum absolute atomic E-state index is 0.0921. The molecule has 0 aliphatic carbocycles. The molecule has 0 saturated carbocycles. The van der Waals surface area contributed by atoms with Crippen LogP contribution in [0.2, 0.25) is 0 Å². The van der Waals surface area contributed by atoms with Crippen molar-refractivity contribution in [2.45, 2.75) is 53.1 Å². The van der Waals surface area contributed by atoms with Crippen molar-refractivity contribution in [2.24, 2.45) is 5.92 Å². The van der Waals surface area contributed by atoms with Crippen molar-refractivity contribution in [3.05, 3.63) is 28.7 Å². The first kappa shape index (κ1) is 16.3. The Balaban J connectivity index is 2.56. The lowest BCUT2D eigenvalue weighted by atomic mass is 10.0. The highest BCUT2D eigenvalue weighted by molar-refractivity contribution is 5.89. The van der Waals surface area contributed by atoms with Crippen LogP contribution in [0.4, 0.5) is 10.5 Å². The molecule has 2 N–H and O–H groups in total. The third-order valence-electron chi connectivity index (χ3n) is 3.15. The smallest absolute Gasteiger partial charge is 0.319 e. The van der Waals surface area contributed by atoms with E-state index in [0.29, 0.717) is 11.6 Å². The average Bonchev–Trinajstić information content (AvgIpc) is 2.39. The van der Waals surface area contributed by atoms with Crippen molar-refractivity contribution in [3.63, 3.8) is 0 Å². The fourth-order valence-electron chi connectivity index (χ4n) is 1.85. The number of carbonyl (C=O) groups is 1. The SMILES string of the molecule is CCn1ccc(=O)c(NC(=O)N[C@H](C)CCC(C)C)c1. The van der Waals surface area contributed by atoms with Crippen LogP contribution in [-0.4, -0.2) is 16.6 Å². The molecule has 0 saturated heterocycles. The Kier molecular flexibility index (Phi) is 6.28. The van der Waals surface area contributed by atoms with Crippen LogP contribution in [0.3, 0.4) is 0 Å². The Morgan fingerprint density at radius 3 is 2.60 bits per heavy atom. The number of rotatable bonds is 6. The van der Waals surface area contributed by atoms with Crippen LogP contribution in [0, 0.1) is 5.92 Å². The largest absolute Gasteiger partial charge is 0.352 e. The number of amides is 2. The van der Waals surface area contributed by atoms with Gasteiger partial charge in [-0.1, -0.05) is 13.8 Å². The molecule has 1 rings (SSSR count). The van der Waals surface area contributed by atoms with Gasteiger partial charge < -0.3 is 15.2 Å². The summed E-state index contributed by atoms with van der Waals surface area (Å²) in [4.78, 5) is 23.5. The summed E-state index contributed by atoms with van der Waals surface area (Å²) in [6.07, 6.45) is 5.35. The molecule has 0 fully saturated rings. The standard InChI is InChI=1S/C15H25N3O2/c1-5-18-9-8-14(19)13(10-18)17-15(20)16-12(4)7-6-11(2)3/h8-12H,5-7H2,1-4H3,(H2,16,17,20)/t12-/m1/s1. The van der Waals surface area contributed by atoms with Gasteiger partial charge in [0, 0.05) is 31.0 Å². The normalized spacial score (nSPS) is 12.2. The quantitative estimate of drug-likeness (QED) is 0.841. The molecular formula is C15H25N3O2. The number of aryl methyl sites for hydroxylation is 1. The summed E-state index contributed by atoms with van der Waals surface area (Å²) in [7, 11) is 0. The summed E-state index contributed by atoms with van der Waals surface area (Å²) in [6.45, 7) is 9.01. The van der Waals surface area contributed by atoms with E-state index in [-0.39, 0.29) is 17.5 Å². The van der Waals surface area contributed by atoms with E-state index in [2.05, 4.69) is 24.5 Å². The molecule has 1 heterocycles. The molecule has 0 aliphatic heterocycles. The van der Waals surface area contributed by atoms with E-state index in [4.69, 9.17) is 0 Å². The molecule has 0 aromatic carbocycles. The second-order valence-corrected chi connectivity index (χ2v) is 5.52. The first-order valence-corrected chi connectivity index (χ1v) is 7.20. The molecule has 0 aliphatic rings. The fourth-order valence-corrected chi connectivity index (χ4v) is 1.85. The van der Waals surface area contributed by atoms with Crippen molar-refractivity contribution >= 4 is 11.7 Å². The number of urea groups is 1. The number of anilines is 1. The van der Waals surface area contributed by atoms with Gasteiger partial charge in [0.1, 0.15) is 5.69 Å². The summed E-state index contributed by atoms with van der Waals surface area (Å²) in [6, 6.07) is 1.23. The van der Waals surface area contributed by atoms with Gasteiger partial charge in [0.15, 0.2) is 0 Å². The van der Waals surface area contributed by atoms with Gasteiger partial charge in [0.05, 0.1) is 0 Å². The van der Waals surface area contributed by atoms with Gasteiger partial charge in [-0.3, -0.25) is 4.79 Å². The van der Waals surface area contributed by atoms with Crippen LogP contribution in [0.1, 0.15) is 40.5 Å². The number of nitrogens with one attached hydrogen (secondary N) is 2. The summed E-state index contributed by atoms with van der Waals surface area (Å²) in [5, 5.41) is 5.47. The van der Waals surface area contributed by atoms with Crippen LogP contribution in [0.5, 0.6) is 0 Å². The third kappa shape index (κ3) is 5.47. The Hall–Kier alpha value is -1.78. The van der Waals surface area contributed by atoms with Crippen LogP contribution in [0.15, 0.2) is 23.3 Å². The molecule has 0 unspecified atom stereocenters. The second-order valence-electron chi connectivity index (χ2n) is 5.52. The molecule has 0 radical (unpaired) electrons. The Bertz CT molecular complexity index is 494. The summed E-state index contributed by atoms with van der Waals surface area (Å²) >= 11 is 0. The first-order chi connectivity index (χ1) is 9.42. The molecule has 0 bridgehead atoms. The molecule has 112 valence electrons. The zero-order valence-electron chi connectivity index (χ0n) is 12.8. The predicted molar refractivity (Wildman–Crippen MR) is 82.1 cm³/mol. The molecule has 5 heteroatoms. The molecule has 2 amide bonds. The van der Waals surface area contributed by atoms with Gasteiger partial charge >= 0.3 is 6.03 Å². The fraction of sp³-hybridized carbons (Fsp3) is 0.600. The number of carbonyl (C=O) groups excluding carboxylic acids is 1. The zero-order chi connectivity index (χ0) is 15.1. The molecule has 20 heavy (non-hydrogen) atoms. The van der Waals surface area contributed by atoms with E-state index in [1.54, 1.807) is 12.4 Å². The minimum atomic E-state index is -0.327. The van der Waals surface area contributed by atoms with E-state index >= 15 is 0 Å². The molecular weight excluding hydrogens is 254 g/mol. The van der Waals surface area contributed by atoms with Crippen molar-refractivity contribution in [1.29, 1.82) is 0 Å². The number of hydrogen-bond donors (Lipinski definition) is 2. The lowest BCUT2D eigenvalue weighted by Gasteiger charge is -2.15. The number of aromatic nitrogens is 1. The molecule has 1 aromatic heterocycles. The van der Waals surface area contributed by atoms with Gasteiger partial charge in [-0.25, -0.2) is 4.79 Å². The van der Waals surface area contributed by atoms with E-state index in [9.17, 15) is 9.59 Å². The Labute approximate surface area is 120 Å². The van der Waals surface area contributed by atoms with E-state index in [1.807, 2.05) is 18.4 Å². The van der Waals surface area contributed by atoms with Gasteiger partial charge in [0.2, 0.25) is 5.43 Å². The predicted octanol–water partition coefficient (Wildman–Crippen LogP) is 2.81. The van der Waals surface area contributed by atoms with Crippen molar-refractivity contribution in [3.8, 4) is 0 Å². The first-order valence-electron chi connectivity index (χ1n) is 7.20. The van der Waals surface area contributed by atoms with Crippen LogP contribution >= 0.6 is 0 Å². The third-order valence-corrected chi connectivity index (χ3v) is 3.15. The average molecular weight is 279 g/mol. The van der Waals surface area contributed by atoms with Crippen molar-refractivity contribution in [1.82, 2.24) is 9.88 Å². The number of nitrogens with zero attached hydrogens (tertiary/aromatic N) is 1. The highest BCUT2D eigenvalue weighted by Crippen LogP contribution is 2.06. The Morgan fingerprint density at radius 1 is 1.30 bits per heavy atom. The highest BCUT2D eigenvalue weighted by atomic mass is 16.2. The molecule has 1 atom stereocenters. The van der Waals surface area contributed by atoms with Crippen LogP contribution in [0.25, 0.3) is 0 Å². The second kappa shape index (κ2) is 7.72. The maximum absolute atomic E-state index is 11.8. The van der Waals surface area contributed by atoms with Crippen molar-refractivity contribution < 1.29 is 4.79 Å². The van der Waals surface area contributed by atoms with Gasteiger partial charge in [-0.05, 0) is 32.6 Å². The van der Waals surface area contributed by atoms with E-state index in [1.165, 1.54) is 6.07 Å². The van der Waals surface area contributed by atoms with E-state index < -0.39 is 0 Å². The summed E-state index contributed by atoms with van der Waals surface area (Å²) in [5.41, 5.74) is 0.127. The number of pyridine rings is 1. The molecule has 5 nitrogen and oxygen atoms in total. The molecule has 0 spiro atoms. The van der Waals surface area contributed by atoms with Gasteiger partial charge in [-0.15, -0.1) is 0 Å². The highest BCUT2D eigenvalue weighted by Gasteiger charge is 2.09. The maximum atomic E-state index is 11.8. The number of hydrogen-bond acceptors (Lipinski definition) is 2. The van der Waals surface area contributed by atoms with Crippen LogP contribution < -0.4 is 16.1 Å². The minimum Gasteiger partial charge on any atom is -0.352 e. The lowest BCUT2D eigenvalue weighted by molar-refractivity contribution is 0.248. The van der Waals surface area contributed by atoms with E-state index in [0.717, 1.165) is 19.4 Å². The molecule has 1 aromatic rings. The lowest BCUT2D eigenvalue weighted by Crippen LogP contribution is -2.37. The Morgan fingerprint density at radius 2 is 2.00 bits per heavy atom. The maximum Gasteiger partial charge on any atom is 0.319 e. The zero-order valence-corrected chi connectivity index (χ0v) is 12.8. The van der Waals surface area contributed by atoms with Crippen LogP contribution in [-0.2, 0) is 6.54 Å².